The number of carbonyl (C=O) groups is 1. The van der Waals surface area contributed by atoms with Gasteiger partial charge >= 0.3 is 18.9 Å². The Morgan fingerprint density at radius 2 is 1.38 bits per heavy atom. The molecule has 26 heavy (non-hydrogen) atoms. The van der Waals surface area contributed by atoms with Crippen LogP contribution in [0.2, 0.25) is 0 Å². The van der Waals surface area contributed by atoms with E-state index < -0.39 is 0 Å². The number of methoxy groups -OCH3 is 3. The van der Waals surface area contributed by atoms with E-state index in [2.05, 4.69) is 19.9 Å². The molecule has 2 rings (SSSR count). The third kappa shape index (κ3) is 4.44. The van der Waals surface area contributed by atoms with Gasteiger partial charge in [-0.25, -0.2) is 0 Å². The van der Waals surface area contributed by atoms with Crippen LogP contribution in [-0.2, 0) is 0 Å². The second-order valence-corrected chi connectivity index (χ2v) is 7.20. The third-order valence-electron chi connectivity index (χ3n) is 4.54. The van der Waals surface area contributed by atoms with Crippen molar-refractivity contribution < 1.29 is 39.3 Å². The van der Waals surface area contributed by atoms with Gasteiger partial charge in [0.25, 0.3) is 0 Å². The molecule has 0 aromatic heterocycles. The van der Waals surface area contributed by atoms with Crippen molar-refractivity contribution in [3.63, 3.8) is 0 Å². The fraction of sp³-hybridized carbons (Fsp3) is 0.350. The first kappa shape index (κ1) is 22.6. The molecular formula is C20H26LiO4P. The summed E-state index contributed by atoms with van der Waals surface area (Å²) in [4.78, 5) is 13.1. The van der Waals surface area contributed by atoms with E-state index in [0.29, 0.717) is 17.2 Å². The molecule has 136 valence electrons. The Labute approximate surface area is 171 Å². The topological polar surface area (TPSA) is 44.8 Å². The first-order valence-electron chi connectivity index (χ1n) is 8.02. The van der Waals surface area contributed by atoms with Crippen LogP contribution in [0.15, 0.2) is 18.2 Å². The Hall–Kier alpha value is -1.46. The maximum absolute atomic E-state index is 13.1. The number of rotatable bonds is 6. The number of ether oxygens (including phenoxy) is 3. The minimum absolute atomic E-state index is 0. The van der Waals surface area contributed by atoms with Crippen molar-refractivity contribution >= 4 is 19.4 Å². The smallest absolute Gasteiger partial charge is 1.00 e. The largest absolute Gasteiger partial charge is 1.00 e. The van der Waals surface area contributed by atoms with Crippen molar-refractivity contribution in [1.82, 2.24) is 0 Å². The van der Waals surface area contributed by atoms with E-state index in [1.807, 2.05) is 13.8 Å². The maximum Gasteiger partial charge on any atom is 1.00 e. The van der Waals surface area contributed by atoms with E-state index in [1.54, 1.807) is 33.5 Å². The second-order valence-electron chi connectivity index (χ2n) is 6.00. The van der Waals surface area contributed by atoms with Gasteiger partial charge in [-0.2, -0.15) is 0 Å². The van der Waals surface area contributed by atoms with Gasteiger partial charge in [0.05, 0.1) is 26.6 Å². The van der Waals surface area contributed by atoms with Crippen molar-refractivity contribution in [2.75, 3.05) is 21.3 Å². The molecule has 0 amide bonds. The number of hydrogen-bond acceptors (Lipinski definition) is 4. The van der Waals surface area contributed by atoms with Crippen LogP contribution >= 0.6 is 8.58 Å². The monoisotopic (exact) mass is 368 g/mol. The molecule has 2 aromatic rings. The molecule has 1 atom stereocenters. The number of carbonyl (C=O) groups excluding carboxylic acids is 1. The standard InChI is InChI=1S/C20H25O4P.Li.H/c1-11-8-12(2)18(14(4)13(11)3)20(21)25-19-16(23-6)9-15(22-5)10-17(19)24-7;;/h8-10,25H,1-7H3;;/q;+1;-1. The van der Waals surface area contributed by atoms with Crippen LogP contribution in [0, 0.1) is 27.7 Å². The predicted octanol–water partition coefficient (Wildman–Crippen LogP) is 1.21. The normalized spacial score (nSPS) is 10.6. The van der Waals surface area contributed by atoms with E-state index in [0.717, 1.165) is 27.6 Å². The minimum Gasteiger partial charge on any atom is -1.00 e. The fourth-order valence-electron chi connectivity index (χ4n) is 2.94. The molecule has 0 fully saturated rings. The Morgan fingerprint density at radius 3 is 1.85 bits per heavy atom. The summed E-state index contributed by atoms with van der Waals surface area (Å²) < 4.78 is 16.2. The van der Waals surface area contributed by atoms with Crippen LogP contribution in [0.5, 0.6) is 17.2 Å². The molecule has 0 heterocycles. The average molecular weight is 368 g/mol. The summed E-state index contributed by atoms with van der Waals surface area (Å²) in [5.41, 5.74) is 5.29. The van der Waals surface area contributed by atoms with Gasteiger partial charge in [0.2, 0.25) is 0 Å². The molecule has 0 saturated carbocycles. The molecule has 0 bridgehead atoms. The van der Waals surface area contributed by atoms with Crippen molar-refractivity contribution in [1.29, 1.82) is 0 Å². The van der Waals surface area contributed by atoms with E-state index in [4.69, 9.17) is 14.2 Å². The SMILES string of the molecule is COc1cc(OC)c(PC(=O)c2c(C)cc(C)c(C)c2C)c(OC)c1.[H-].[Li+]. The molecule has 6 heteroatoms. The minimum atomic E-state index is -0.0938. The first-order chi connectivity index (χ1) is 11.8. The summed E-state index contributed by atoms with van der Waals surface area (Å²) in [6, 6.07) is 5.62. The van der Waals surface area contributed by atoms with Crippen molar-refractivity contribution in [3.05, 3.63) is 46.0 Å². The van der Waals surface area contributed by atoms with Gasteiger partial charge in [0.1, 0.15) is 17.2 Å². The van der Waals surface area contributed by atoms with Crippen LogP contribution in [0.3, 0.4) is 0 Å². The van der Waals surface area contributed by atoms with Crippen molar-refractivity contribution in [3.8, 4) is 17.2 Å². The molecule has 0 saturated heterocycles. The van der Waals surface area contributed by atoms with Gasteiger partial charge in [-0.3, -0.25) is 4.79 Å². The van der Waals surface area contributed by atoms with Gasteiger partial charge in [0.15, 0.2) is 5.52 Å². The molecular weight excluding hydrogens is 342 g/mol. The van der Waals surface area contributed by atoms with Crippen LogP contribution in [0.4, 0.5) is 0 Å². The van der Waals surface area contributed by atoms with Gasteiger partial charge in [-0.1, -0.05) is 6.07 Å². The van der Waals surface area contributed by atoms with E-state index >= 15 is 0 Å². The molecule has 2 aromatic carbocycles. The quantitative estimate of drug-likeness (QED) is 0.568. The number of aryl methyl sites for hydroxylation is 2. The maximum atomic E-state index is 13.1. The Kier molecular flexibility index (Phi) is 8.22. The molecule has 0 N–H and O–H groups in total. The van der Waals surface area contributed by atoms with E-state index in [1.165, 1.54) is 5.56 Å². The first-order valence-corrected chi connectivity index (χ1v) is 9.02. The summed E-state index contributed by atoms with van der Waals surface area (Å²) in [6.45, 7) is 8.12. The molecule has 0 spiro atoms. The summed E-state index contributed by atoms with van der Waals surface area (Å²) in [5.74, 6) is 1.83. The average Bonchev–Trinajstić information content (AvgIpc) is 2.59. The Bertz CT molecular complexity index is 799. The van der Waals surface area contributed by atoms with Crippen LogP contribution in [0.25, 0.3) is 0 Å². The van der Waals surface area contributed by atoms with Crippen molar-refractivity contribution in [2.45, 2.75) is 27.7 Å². The summed E-state index contributed by atoms with van der Waals surface area (Å²) in [7, 11) is 4.66. The molecule has 0 aliphatic carbocycles. The fourth-order valence-corrected chi connectivity index (χ4v) is 4.27. The predicted molar refractivity (Wildman–Crippen MR) is 105 cm³/mol. The second kappa shape index (κ2) is 9.47. The van der Waals surface area contributed by atoms with E-state index in [9.17, 15) is 4.79 Å². The zero-order valence-electron chi connectivity index (χ0n) is 17.9. The van der Waals surface area contributed by atoms with Gasteiger partial charge in [-0.05, 0) is 58.5 Å². The third-order valence-corrected chi connectivity index (χ3v) is 5.76. The molecule has 0 aliphatic rings. The van der Waals surface area contributed by atoms with E-state index in [-0.39, 0.29) is 34.4 Å². The van der Waals surface area contributed by atoms with Crippen LogP contribution < -0.4 is 38.4 Å². The van der Waals surface area contributed by atoms with Gasteiger partial charge in [0, 0.05) is 17.7 Å². The number of benzene rings is 2. The molecule has 1 unspecified atom stereocenters. The zero-order valence-corrected chi connectivity index (χ0v) is 17.9. The van der Waals surface area contributed by atoms with Crippen LogP contribution in [-0.4, -0.2) is 26.9 Å². The molecule has 0 aliphatic heterocycles. The Morgan fingerprint density at radius 1 is 0.846 bits per heavy atom. The number of hydrogen-bond donors (Lipinski definition) is 0. The Balaban J connectivity index is 0.00000338. The van der Waals surface area contributed by atoms with Gasteiger partial charge in [-0.15, -0.1) is 0 Å². The van der Waals surface area contributed by atoms with Gasteiger partial charge < -0.3 is 15.6 Å². The summed E-state index contributed by atoms with van der Waals surface area (Å²) in [6.07, 6.45) is 0. The zero-order chi connectivity index (χ0) is 18.7. The summed E-state index contributed by atoms with van der Waals surface area (Å²) >= 11 is 0. The molecule has 0 radical (unpaired) electrons. The van der Waals surface area contributed by atoms with Crippen molar-refractivity contribution in [2.24, 2.45) is 0 Å². The van der Waals surface area contributed by atoms with Crippen LogP contribution in [0.1, 0.15) is 34.0 Å². The molecule has 4 nitrogen and oxygen atoms in total. The summed E-state index contributed by atoms with van der Waals surface area (Å²) in [5, 5.41) is 0.757.